The van der Waals surface area contributed by atoms with Crippen molar-refractivity contribution < 1.29 is 9.59 Å². The van der Waals surface area contributed by atoms with Gasteiger partial charge in [0.2, 0.25) is 12.1 Å². The van der Waals surface area contributed by atoms with Crippen molar-refractivity contribution in [1.29, 1.82) is 0 Å². The monoisotopic (exact) mass is 547 g/mol. The van der Waals surface area contributed by atoms with Crippen molar-refractivity contribution in [2.24, 2.45) is 4.99 Å². The summed E-state index contributed by atoms with van der Waals surface area (Å²) >= 11 is 13.8. The molecule has 2 amide bonds. The maximum Gasteiger partial charge on any atom is 0.272 e. The number of thiophene rings is 1. The Balaban J connectivity index is 1.51. The number of benzodiazepines with no additional fused rings is 1. The first-order valence-electron chi connectivity index (χ1n) is 11.7. The van der Waals surface area contributed by atoms with Gasteiger partial charge in [0, 0.05) is 23.1 Å². The summed E-state index contributed by atoms with van der Waals surface area (Å²) < 4.78 is 0. The lowest BCUT2D eigenvalue weighted by molar-refractivity contribution is -0.128. The van der Waals surface area contributed by atoms with Crippen LogP contribution in [0.15, 0.2) is 95.3 Å². The maximum atomic E-state index is 13.7. The molecule has 1 aliphatic heterocycles. The Labute approximate surface area is 229 Å². The van der Waals surface area contributed by atoms with E-state index in [1.807, 2.05) is 78.2 Å². The molecule has 0 fully saturated rings. The van der Waals surface area contributed by atoms with E-state index in [1.165, 1.54) is 11.3 Å². The van der Waals surface area contributed by atoms with Crippen molar-refractivity contribution in [3.8, 4) is 0 Å². The number of carbonyl (C=O) groups is 2. The Hall–Kier alpha value is -3.45. The molecule has 0 bridgehead atoms. The molecule has 5 nitrogen and oxygen atoms in total. The van der Waals surface area contributed by atoms with Gasteiger partial charge >= 0.3 is 0 Å². The molecular formula is C29H23Cl2N3O2S. The van der Waals surface area contributed by atoms with Crippen molar-refractivity contribution >= 4 is 57.8 Å². The first-order chi connectivity index (χ1) is 17.9. The number of para-hydroxylation sites is 1. The van der Waals surface area contributed by atoms with Crippen LogP contribution in [0.3, 0.4) is 0 Å². The lowest BCUT2D eigenvalue weighted by Gasteiger charge is -2.23. The highest BCUT2D eigenvalue weighted by Gasteiger charge is 2.33. The van der Waals surface area contributed by atoms with Gasteiger partial charge < -0.3 is 10.2 Å². The lowest BCUT2D eigenvalue weighted by atomic mass is 9.96. The highest BCUT2D eigenvalue weighted by molar-refractivity contribution is 7.10. The normalized spacial score (nSPS) is 16.0. The summed E-state index contributed by atoms with van der Waals surface area (Å²) in [6.45, 7) is 0. The summed E-state index contributed by atoms with van der Waals surface area (Å²) in [4.78, 5) is 34.5. The van der Waals surface area contributed by atoms with Crippen molar-refractivity contribution in [2.75, 3.05) is 11.9 Å². The summed E-state index contributed by atoms with van der Waals surface area (Å²) in [5.41, 5.74) is 3.94. The number of anilines is 1. The zero-order chi connectivity index (χ0) is 25.9. The number of hydrogen-bond donors (Lipinski definition) is 1. The number of benzene rings is 3. The van der Waals surface area contributed by atoms with Gasteiger partial charge in [0.05, 0.1) is 27.4 Å². The van der Waals surface area contributed by atoms with Gasteiger partial charge in [0.15, 0.2) is 0 Å². The Bertz CT molecular complexity index is 1470. The van der Waals surface area contributed by atoms with Crippen molar-refractivity contribution in [1.82, 2.24) is 5.32 Å². The number of fused-ring (bicyclic) bond motifs is 1. The third kappa shape index (κ3) is 5.32. The van der Waals surface area contributed by atoms with Gasteiger partial charge in [-0.05, 0) is 41.6 Å². The quantitative estimate of drug-likeness (QED) is 0.306. The molecule has 0 radical (unpaired) electrons. The van der Waals surface area contributed by atoms with Crippen LogP contribution in [0.5, 0.6) is 0 Å². The van der Waals surface area contributed by atoms with Crippen LogP contribution in [0.2, 0.25) is 10.0 Å². The Morgan fingerprint density at radius 1 is 1.00 bits per heavy atom. The molecule has 37 heavy (non-hydrogen) atoms. The average Bonchev–Trinajstić information content (AvgIpc) is 3.43. The molecule has 1 aliphatic rings. The van der Waals surface area contributed by atoms with Crippen LogP contribution in [-0.2, 0) is 16.0 Å². The van der Waals surface area contributed by atoms with Crippen molar-refractivity contribution in [3.05, 3.63) is 122 Å². The summed E-state index contributed by atoms with van der Waals surface area (Å²) in [5, 5.41) is 5.75. The molecule has 5 rings (SSSR count). The summed E-state index contributed by atoms with van der Waals surface area (Å²) in [6.07, 6.45) is -0.688. The largest absolute Gasteiger partial charge is 0.326 e. The fraction of sp³-hybridized carbons (Fsp3) is 0.138. The van der Waals surface area contributed by atoms with Crippen molar-refractivity contribution in [2.45, 2.75) is 18.5 Å². The standard InChI is InChI=1S/C29H23Cl2N3O2S/c1-34-24-11-6-5-10-20(24)26(19-8-3-2-4-9-19)32-27(29(34)36)33-28(35)21(25-12-7-15-37-25)16-18-13-14-22(30)23(31)17-18/h2-15,17,21,27H,16H2,1H3,(H,33,35)/t21-,27-/m1/s1. The van der Waals surface area contributed by atoms with E-state index in [2.05, 4.69) is 5.32 Å². The van der Waals surface area contributed by atoms with Gasteiger partial charge in [-0.2, -0.15) is 0 Å². The molecule has 1 N–H and O–H groups in total. The van der Waals surface area contributed by atoms with Gasteiger partial charge in [-0.15, -0.1) is 11.3 Å². The zero-order valence-electron chi connectivity index (χ0n) is 19.9. The first kappa shape index (κ1) is 25.2. The van der Waals surface area contributed by atoms with Crippen LogP contribution in [-0.4, -0.2) is 30.7 Å². The Morgan fingerprint density at radius 3 is 2.49 bits per heavy atom. The SMILES string of the molecule is CN1C(=O)[C@@H](NC(=O)[C@H](Cc2ccc(Cl)c(Cl)c2)c2cccs2)N=C(c2ccccc2)c2ccccc21. The highest BCUT2D eigenvalue weighted by atomic mass is 35.5. The molecule has 0 saturated heterocycles. The number of carbonyl (C=O) groups excluding carboxylic acids is 2. The number of rotatable bonds is 6. The Morgan fingerprint density at radius 2 is 1.76 bits per heavy atom. The van der Waals surface area contributed by atoms with E-state index in [0.717, 1.165) is 27.3 Å². The van der Waals surface area contributed by atoms with Crippen LogP contribution >= 0.6 is 34.5 Å². The molecular weight excluding hydrogens is 525 g/mol. The van der Waals surface area contributed by atoms with E-state index in [1.54, 1.807) is 24.1 Å². The van der Waals surface area contributed by atoms with Crippen molar-refractivity contribution in [3.63, 3.8) is 0 Å². The molecule has 0 saturated carbocycles. The van der Waals surface area contributed by atoms with E-state index in [9.17, 15) is 9.59 Å². The molecule has 1 aromatic heterocycles. The van der Waals surface area contributed by atoms with Crippen LogP contribution in [0.1, 0.15) is 27.5 Å². The number of nitrogens with zero attached hydrogens (tertiary/aromatic N) is 2. The number of halogens is 2. The predicted molar refractivity (Wildman–Crippen MR) is 151 cm³/mol. The fourth-order valence-corrected chi connectivity index (χ4v) is 5.54. The van der Waals surface area contributed by atoms with E-state index >= 15 is 0 Å². The van der Waals surface area contributed by atoms with Crippen LogP contribution < -0.4 is 10.2 Å². The third-order valence-electron chi connectivity index (χ3n) is 6.30. The maximum absolute atomic E-state index is 13.7. The lowest BCUT2D eigenvalue weighted by Crippen LogP contribution is -2.47. The average molecular weight is 548 g/mol. The minimum absolute atomic E-state index is 0.289. The number of amides is 2. The number of nitrogens with one attached hydrogen (secondary N) is 1. The smallest absolute Gasteiger partial charge is 0.272 e. The van der Waals surface area contributed by atoms with E-state index in [-0.39, 0.29) is 11.8 Å². The number of aliphatic imine (C=N–C) groups is 1. The fourth-order valence-electron chi connectivity index (χ4n) is 4.39. The molecule has 0 aliphatic carbocycles. The second-order valence-electron chi connectivity index (χ2n) is 8.69. The van der Waals surface area contributed by atoms with E-state index < -0.39 is 12.1 Å². The second kappa shape index (κ2) is 10.9. The first-order valence-corrected chi connectivity index (χ1v) is 13.3. The molecule has 186 valence electrons. The van der Waals surface area contributed by atoms with E-state index in [4.69, 9.17) is 28.2 Å². The van der Waals surface area contributed by atoms with Gasteiger partial charge in [-0.3, -0.25) is 9.59 Å². The summed E-state index contributed by atoms with van der Waals surface area (Å²) in [7, 11) is 1.70. The minimum Gasteiger partial charge on any atom is -0.326 e. The molecule has 4 aromatic rings. The molecule has 0 unspecified atom stereocenters. The summed E-state index contributed by atoms with van der Waals surface area (Å²) in [6, 6.07) is 26.5. The second-order valence-corrected chi connectivity index (χ2v) is 10.5. The summed E-state index contributed by atoms with van der Waals surface area (Å²) in [5.74, 6) is -1.13. The van der Waals surface area contributed by atoms with Crippen LogP contribution in [0.25, 0.3) is 0 Å². The Kier molecular flexibility index (Phi) is 7.42. The highest BCUT2D eigenvalue weighted by Crippen LogP contribution is 2.30. The van der Waals surface area contributed by atoms with Gasteiger partial charge in [0.1, 0.15) is 0 Å². The van der Waals surface area contributed by atoms with Gasteiger partial charge in [0.25, 0.3) is 5.91 Å². The third-order valence-corrected chi connectivity index (χ3v) is 8.02. The molecule has 3 aromatic carbocycles. The molecule has 2 atom stereocenters. The number of hydrogen-bond acceptors (Lipinski definition) is 4. The van der Waals surface area contributed by atoms with Crippen LogP contribution in [0, 0.1) is 0 Å². The predicted octanol–water partition coefficient (Wildman–Crippen LogP) is 6.34. The van der Waals surface area contributed by atoms with Gasteiger partial charge in [-0.25, -0.2) is 4.99 Å². The molecule has 8 heteroatoms. The molecule has 2 heterocycles. The van der Waals surface area contributed by atoms with E-state index in [0.29, 0.717) is 22.2 Å². The topological polar surface area (TPSA) is 61.8 Å². The van der Waals surface area contributed by atoms with Gasteiger partial charge in [-0.1, -0.05) is 83.9 Å². The number of likely N-dealkylation sites (N-methyl/N-ethyl adjacent to an activating group) is 1. The minimum atomic E-state index is -1.09. The molecule has 0 spiro atoms. The zero-order valence-corrected chi connectivity index (χ0v) is 22.2. The van der Waals surface area contributed by atoms with Crippen LogP contribution in [0.4, 0.5) is 5.69 Å².